The molecule has 1 aliphatic heterocycles. The Bertz CT molecular complexity index is 1300. The van der Waals surface area contributed by atoms with Gasteiger partial charge in [0.1, 0.15) is 5.82 Å². The van der Waals surface area contributed by atoms with Crippen LogP contribution in [0, 0.1) is 5.82 Å². The summed E-state index contributed by atoms with van der Waals surface area (Å²) in [5.41, 5.74) is 1.49. The first-order valence-corrected chi connectivity index (χ1v) is 9.85. The summed E-state index contributed by atoms with van der Waals surface area (Å²) in [7, 11) is 0. The summed E-state index contributed by atoms with van der Waals surface area (Å²) in [6, 6.07) is 17.5. The number of halogens is 4. The summed E-state index contributed by atoms with van der Waals surface area (Å²) >= 11 is 0. The maximum atomic E-state index is 14.4. The predicted octanol–water partition coefficient (Wildman–Crippen LogP) is 5.33. The second-order valence-corrected chi connectivity index (χ2v) is 7.57. The monoisotopic (exact) mass is 439 g/mol. The quantitative estimate of drug-likeness (QED) is 0.424. The molecule has 0 saturated heterocycles. The first-order chi connectivity index (χ1) is 15.3. The maximum Gasteiger partial charge on any atom is 0.425 e. The number of rotatable bonds is 3. The van der Waals surface area contributed by atoms with Gasteiger partial charge >= 0.3 is 6.18 Å². The second-order valence-electron chi connectivity index (χ2n) is 7.57. The molecule has 0 bridgehead atoms. The van der Waals surface area contributed by atoms with Gasteiger partial charge in [0.15, 0.2) is 0 Å². The minimum Gasteiger partial charge on any atom is -0.372 e. The fraction of sp³-hybridized carbons (Fsp3) is 0.125. The highest BCUT2D eigenvalue weighted by atomic mass is 19.4. The molecule has 2 heterocycles. The van der Waals surface area contributed by atoms with Crippen LogP contribution in [-0.2, 0) is 12.1 Å². The Morgan fingerprint density at radius 1 is 0.938 bits per heavy atom. The molecule has 1 atom stereocenters. The molecule has 4 nitrogen and oxygen atoms in total. The van der Waals surface area contributed by atoms with E-state index < -0.39 is 11.8 Å². The zero-order chi connectivity index (χ0) is 22.5. The molecule has 4 aromatic rings. The Balaban J connectivity index is 1.64. The van der Waals surface area contributed by atoms with E-state index in [4.69, 9.17) is 0 Å². The molecular formula is C24H17F4N3O. The van der Waals surface area contributed by atoms with Crippen molar-refractivity contribution in [3.8, 4) is 0 Å². The summed E-state index contributed by atoms with van der Waals surface area (Å²) in [6.07, 6.45) is -3.71. The molecule has 1 unspecified atom stereocenters. The van der Waals surface area contributed by atoms with Gasteiger partial charge in [0.25, 0.3) is 0 Å². The van der Waals surface area contributed by atoms with Crippen LogP contribution in [0.25, 0.3) is 10.9 Å². The van der Waals surface area contributed by atoms with E-state index >= 15 is 0 Å². The molecule has 0 radical (unpaired) electrons. The van der Waals surface area contributed by atoms with Crippen molar-refractivity contribution in [1.29, 1.82) is 0 Å². The third-order valence-corrected chi connectivity index (χ3v) is 5.70. The van der Waals surface area contributed by atoms with Crippen molar-refractivity contribution in [3.63, 3.8) is 0 Å². The van der Waals surface area contributed by atoms with Crippen molar-refractivity contribution in [3.05, 3.63) is 102 Å². The highest BCUT2D eigenvalue weighted by molar-refractivity contribution is 5.83. The maximum absolute atomic E-state index is 14.4. The molecule has 0 spiro atoms. The Kier molecular flexibility index (Phi) is 4.65. The van der Waals surface area contributed by atoms with Gasteiger partial charge in [-0.1, -0.05) is 24.3 Å². The van der Waals surface area contributed by atoms with Crippen molar-refractivity contribution in [2.75, 3.05) is 5.01 Å². The van der Waals surface area contributed by atoms with Crippen molar-refractivity contribution in [1.82, 2.24) is 10.4 Å². The molecule has 0 saturated carbocycles. The Morgan fingerprint density at radius 2 is 1.69 bits per heavy atom. The first-order valence-electron chi connectivity index (χ1n) is 9.85. The average Bonchev–Trinajstić information content (AvgIpc) is 3.21. The summed E-state index contributed by atoms with van der Waals surface area (Å²) in [6.45, 7) is 0.256. The average molecular weight is 439 g/mol. The lowest BCUT2D eigenvalue weighted by Gasteiger charge is -2.32. The van der Waals surface area contributed by atoms with Crippen LogP contribution in [0.4, 0.5) is 28.9 Å². The molecule has 3 aromatic carbocycles. The minimum atomic E-state index is -4.98. The number of hydrogen-bond acceptors (Lipinski definition) is 4. The van der Waals surface area contributed by atoms with Gasteiger partial charge in [-0.05, 0) is 59.7 Å². The van der Waals surface area contributed by atoms with E-state index in [0.29, 0.717) is 22.5 Å². The zero-order valence-corrected chi connectivity index (χ0v) is 16.6. The van der Waals surface area contributed by atoms with Crippen molar-refractivity contribution < 1.29 is 22.7 Å². The first kappa shape index (κ1) is 20.4. The summed E-state index contributed by atoms with van der Waals surface area (Å²) in [5, 5.41) is 13.1. The smallest absolute Gasteiger partial charge is 0.372 e. The molecule has 2 N–H and O–H groups in total. The Hall–Kier alpha value is -3.49. The Morgan fingerprint density at radius 3 is 2.44 bits per heavy atom. The number of fused-ring (bicyclic) bond motifs is 2. The van der Waals surface area contributed by atoms with E-state index in [1.165, 1.54) is 48.7 Å². The second kappa shape index (κ2) is 7.29. The molecule has 162 valence electrons. The van der Waals surface area contributed by atoms with Gasteiger partial charge in [-0.2, -0.15) is 13.2 Å². The Labute approximate surface area is 180 Å². The number of pyridine rings is 1. The largest absolute Gasteiger partial charge is 0.425 e. The number of benzene rings is 3. The molecule has 1 aromatic heterocycles. The van der Waals surface area contributed by atoms with E-state index in [1.54, 1.807) is 35.3 Å². The minimum absolute atomic E-state index is 0.224. The van der Waals surface area contributed by atoms with E-state index in [-0.39, 0.29) is 28.9 Å². The van der Waals surface area contributed by atoms with Gasteiger partial charge in [0.05, 0.1) is 16.9 Å². The molecule has 0 aliphatic carbocycles. The van der Waals surface area contributed by atoms with Gasteiger partial charge in [-0.15, -0.1) is 0 Å². The van der Waals surface area contributed by atoms with E-state index in [1.807, 2.05) is 0 Å². The van der Waals surface area contributed by atoms with Crippen LogP contribution in [0.1, 0.15) is 16.7 Å². The molecule has 1 aliphatic rings. The van der Waals surface area contributed by atoms with Crippen LogP contribution in [-0.4, -0.2) is 16.3 Å². The number of nitrogens with one attached hydrogen (secondary N) is 1. The number of aliphatic hydroxyl groups is 1. The van der Waals surface area contributed by atoms with Crippen LogP contribution in [0.2, 0.25) is 0 Å². The molecule has 0 fully saturated rings. The summed E-state index contributed by atoms with van der Waals surface area (Å²) in [4.78, 5) is 4.12. The molecular weight excluding hydrogens is 422 g/mol. The lowest BCUT2D eigenvalue weighted by atomic mass is 9.83. The van der Waals surface area contributed by atoms with Gasteiger partial charge < -0.3 is 5.11 Å². The van der Waals surface area contributed by atoms with Crippen LogP contribution in [0.5, 0.6) is 0 Å². The number of anilines is 2. The number of nitrogens with zero attached hydrogens (tertiary/aromatic N) is 2. The summed E-state index contributed by atoms with van der Waals surface area (Å²) < 4.78 is 56.5. The number of alkyl halides is 3. The number of hydrogen-bond donors (Lipinski definition) is 2. The van der Waals surface area contributed by atoms with Crippen molar-refractivity contribution in [2.24, 2.45) is 0 Å². The number of para-hydroxylation sites is 1. The van der Waals surface area contributed by atoms with Gasteiger partial charge in [-0.3, -0.25) is 9.99 Å². The van der Waals surface area contributed by atoms with Crippen LogP contribution < -0.4 is 10.4 Å². The van der Waals surface area contributed by atoms with E-state index in [9.17, 15) is 22.7 Å². The normalized spacial score (nSPS) is 15.6. The van der Waals surface area contributed by atoms with Crippen LogP contribution in [0.3, 0.4) is 0 Å². The third kappa shape index (κ3) is 3.11. The van der Waals surface area contributed by atoms with E-state index in [2.05, 4.69) is 10.4 Å². The molecule has 0 amide bonds. The standard InChI is InChI=1S/C24H17F4N3O/c25-17-6-8-18(9-7-17)31-22-10-5-16(13-15(22)14-30-31)23(32,24(26,27)28)20-11-12-29-21-4-2-1-3-19(20)21/h1-13,30,32H,14H2. The fourth-order valence-corrected chi connectivity index (χ4v) is 4.12. The molecule has 5 rings (SSSR count). The number of hydrazine groups is 1. The highest BCUT2D eigenvalue weighted by Crippen LogP contribution is 2.47. The van der Waals surface area contributed by atoms with Crippen molar-refractivity contribution >= 4 is 22.3 Å². The lowest BCUT2D eigenvalue weighted by Crippen LogP contribution is -2.43. The SMILES string of the molecule is OC(c1ccc2c(c1)CNN2c1ccc(F)cc1)(c1ccnc2ccccc12)C(F)(F)F. The predicted molar refractivity (Wildman–Crippen MR) is 113 cm³/mol. The molecule has 32 heavy (non-hydrogen) atoms. The molecule has 8 heteroatoms. The van der Waals surface area contributed by atoms with E-state index in [0.717, 1.165) is 0 Å². The third-order valence-electron chi connectivity index (χ3n) is 5.70. The van der Waals surface area contributed by atoms with Crippen LogP contribution >= 0.6 is 0 Å². The van der Waals surface area contributed by atoms with Gasteiger partial charge in [0.2, 0.25) is 5.60 Å². The van der Waals surface area contributed by atoms with Crippen molar-refractivity contribution in [2.45, 2.75) is 18.3 Å². The van der Waals surface area contributed by atoms with Crippen LogP contribution in [0.15, 0.2) is 79.0 Å². The summed E-state index contributed by atoms with van der Waals surface area (Å²) in [5.74, 6) is -0.386. The fourth-order valence-electron chi connectivity index (χ4n) is 4.12. The topological polar surface area (TPSA) is 48.4 Å². The van der Waals surface area contributed by atoms with Gasteiger partial charge in [0, 0.05) is 23.7 Å². The number of aromatic nitrogens is 1. The van der Waals surface area contributed by atoms with Gasteiger partial charge in [-0.25, -0.2) is 9.82 Å². The zero-order valence-electron chi connectivity index (χ0n) is 16.6. The highest BCUT2D eigenvalue weighted by Gasteiger charge is 2.57. The lowest BCUT2D eigenvalue weighted by molar-refractivity contribution is -0.247.